The maximum Gasteiger partial charge on any atom is 0.204 e. The molecule has 2 rings (SSSR count). The van der Waals surface area contributed by atoms with Crippen LogP contribution in [-0.4, -0.2) is 9.78 Å². The van der Waals surface area contributed by atoms with E-state index in [4.69, 9.17) is 5.73 Å². The van der Waals surface area contributed by atoms with Crippen molar-refractivity contribution in [3.63, 3.8) is 0 Å². The minimum atomic E-state index is -0.753. The van der Waals surface area contributed by atoms with Crippen LogP contribution in [0.5, 0.6) is 0 Å². The Morgan fingerprint density at radius 1 is 1.33 bits per heavy atom. The van der Waals surface area contributed by atoms with Gasteiger partial charge in [-0.2, -0.15) is 5.10 Å². The molecule has 18 heavy (non-hydrogen) atoms. The number of hydrogen-bond acceptors (Lipinski definition) is 3. The molecule has 0 amide bonds. The van der Waals surface area contributed by atoms with Gasteiger partial charge in [-0.15, -0.1) is 0 Å². The van der Waals surface area contributed by atoms with Crippen LogP contribution in [0, 0.1) is 18.6 Å². The van der Waals surface area contributed by atoms with Crippen LogP contribution in [-0.2, 0) is 6.54 Å². The van der Waals surface area contributed by atoms with Crippen molar-refractivity contribution < 1.29 is 8.78 Å². The smallest absolute Gasteiger partial charge is 0.204 e. The Kier molecular flexibility index (Phi) is 3.20. The fourth-order valence-electron chi connectivity index (χ4n) is 1.62. The molecule has 0 aliphatic carbocycles. The molecule has 0 saturated heterocycles. The van der Waals surface area contributed by atoms with E-state index in [0.717, 1.165) is 12.1 Å². The van der Waals surface area contributed by atoms with Gasteiger partial charge in [-0.3, -0.25) is 4.79 Å². The molecule has 0 aliphatic heterocycles. The molecule has 2 aromatic rings. The molecule has 0 unspecified atom stereocenters. The summed E-state index contributed by atoms with van der Waals surface area (Å²) < 4.78 is 27.7. The van der Waals surface area contributed by atoms with E-state index in [-0.39, 0.29) is 23.4 Å². The highest BCUT2D eigenvalue weighted by Gasteiger charge is 2.10. The number of rotatable bonds is 2. The number of hydrogen-bond donors (Lipinski definition) is 1. The van der Waals surface area contributed by atoms with E-state index in [1.807, 2.05) is 0 Å². The third-order valence-electron chi connectivity index (χ3n) is 2.51. The van der Waals surface area contributed by atoms with Gasteiger partial charge in [-0.05, 0) is 19.1 Å². The largest absolute Gasteiger partial charge is 0.325 e. The number of halogens is 2. The maximum absolute atomic E-state index is 13.6. The fourth-order valence-corrected chi connectivity index (χ4v) is 1.62. The number of nitrogens with zero attached hydrogens (tertiary/aromatic N) is 2. The second kappa shape index (κ2) is 4.66. The molecule has 1 aromatic heterocycles. The summed E-state index contributed by atoms with van der Waals surface area (Å²) in [5.74, 6) is -1.42. The van der Waals surface area contributed by atoms with Gasteiger partial charge in [-0.1, -0.05) is 0 Å². The summed E-state index contributed by atoms with van der Waals surface area (Å²) in [5, 5.41) is 3.97. The van der Waals surface area contributed by atoms with Crippen LogP contribution in [0.1, 0.15) is 11.4 Å². The molecule has 1 heterocycles. The quantitative estimate of drug-likeness (QED) is 0.874. The normalized spacial score (nSPS) is 10.7. The molecule has 0 spiro atoms. The van der Waals surface area contributed by atoms with Gasteiger partial charge >= 0.3 is 0 Å². The van der Waals surface area contributed by atoms with Crippen LogP contribution in [0.3, 0.4) is 0 Å². The minimum Gasteiger partial charge on any atom is -0.325 e. The van der Waals surface area contributed by atoms with Gasteiger partial charge in [0.25, 0.3) is 0 Å². The number of benzene rings is 1. The molecule has 4 nitrogen and oxygen atoms in total. The lowest BCUT2D eigenvalue weighted by molar-refractivity contribution is 0.569. The number of aryl methyl sites for hydroxylation is 1. The molecule has 0 aliphatic rings. The van der Waals surface area contributed by atoms with E-state index in [2.05, 4.69) is 5.10 Å². The lowest BCUT2D eigenvalue weighted by Crippen LogP contribution is -2.21. The van der Waals surface area contributed by atoms with Gasteiger partial charge in [0.1, 0.15) is 17.2 Å². The summed E-state index contributed by atoms with van der Waals surface area (Å²) >= 11 is 0. The standard InChI is InChI=1S/C12H11F2N3O/c1-7-4-12(18)10(6-15)16-17(7)11-3-2-8(13)5-9(11)14/h2-5H,6,15H2,1H3. The zero-order valence-electron chi connectivity index (χ0n) is 9.65. The van der Waals surface area contributed by atoms with Gasteiger partial charge in [0.15, 0.2) is 5.82 Å². The first-order chi connectivity index (χ1) is 8.52. The molecular formula is C12H11F2N3O. The van der Waals surface area contributed by atoms with Crippen LogP contribution in [0.15, 0.2) is 29.1 Å². The van der Waals surface area contributed by atoms with Crippen molar-refractivity contribution in [1.82, 2.24) is 9.78 Å². The van der Waals surface area contributed by atoms with Crippen LogP contribution in [0.2, 0.25) is 0 Å². The molecule has 2 N–H and O–H groups in total. The highest BCUT2D eigenvalue weighted by Crippen LogP contribution is 2.14. The molecule has 0 atom stereocenters. The average Bonchev–Trinajstić information content (AvgIpc) is 2.30. The highest BCUT2D eigenvalue weighted by atomic mass is 19.1. The Balaban J connectivity index is 2.67. The van der Waals surface area contributed by atoms with Gasteiger partial charge in [0.05, 0.1) is 0 Å². The summed E-state index contributed by atoms with van der Waals surface area (Å²) in [5.41, 5.74) is 5.73. The van der Waals surface area contributed by atoms with Crippen molar-refractivity contribution in [3.8, 4) is 5.69 Å². The van der Waals surface area contributed by atoms with Crippen molar-refractivity contribution in [2.75, 3.05) is 0 Å². The predicted molar refractivity (Wildman–Crippen MR) is 62.4 cm³/mol. The van der Waals surface area contributed by atoms with Crippen molar-refractivity contribution in [2.24, 2.45) is 5.73 Å². The van der Waals surface area contributed by atoms with Gasteiger partial charge in [0, 0.05) is 24.4 Å². The van der Waals surface area contributed by atoms with Crippen LogP contribution >= 0.6 is 0 Å². The molecule has 94 valence electrons. The lowest BCUT2D eigenvalue weighted by Gasteiger charge is -2.11. The summed E-state index contributed by atoms with van der Waals surface area (Å²) in [7, 11) is 0. The Morgan fingerprint density at radius 2 is 2.06 bits per heavy atom. The molecular weight excluding hydrogens is 240 g/mol. The summed E-state index contributed by atoms with van der Waals surface area (Å²) in [6, 6.07) is 4.46. The molecule has 1 aromatic carbocycles. The van der Waals surface area contributed by atoms with Crippen LogP contribution in [0.4, 0.5) is 8.78 Å². The third kappa shape index (κ3) is 2.14. The molecule has 6 heteroatoms. The summed E-state index contributed by atoms with van der Waals surface area (Å²) in [6.07, 6.45) is 0. The lowest BCUT2D eigenvalue weighted by atomic mass is 10.2. The summed E-state index contributed by atoms with van der Waals surface area (Å²) in [6.45, 7) is 1.57. The van der Waals surface area contributed by atoms with Crippen molar-refractivity contribution >= 4 is 0 Å². The first-order valence-corrected chi connectivity index (χ1v) is 5.28. The van der Waals surface area contributed by atoms with E-state index < -0.39 is 11.6 Å². The van der Waals surface area contributed by atoms with Crippen molar-refractivity contribution in [2.45, 2.75) is 13.5 Å². The molecule has 0 radical (unpaired) electrons. The second-order valence-corrected chi connectivity index (χ2v) is 3.81. The maximum atomic E-state index is 13.6. The third-order valence-corrected chi connectivity index (χ3v) is 2.51. The SMILES string of the molecule is Cc1cc(=O)c(CN)nn1-c1ccc(F)cc1F. The van der Waals surface area contributed by atoms with E-state index >= 15 is 0 Å². The van der Waals surface area contributed by atoms with Gasteiger partial charge in [0.2, 0.25) is 5.43 Å². The van der Waals surface area contributed by atoms with E-state index in [0.29, 0.717) is 5.69 Å². The summed E-state index contributed by atoms with van der Waals surface area (Å²) in [4.78, 5) is 11.5. The topological polar surface area (TPSA) is 60.9 Å². The van der Waals surface area contributed by atoms with Gasteiger partial charge < -0.3 is 5.73 Å². The Bertz CT molecular complexity index is 652. The number of nitrogens with two attached hydrogens (primary N) is 1. The average molecular weight is 251 g/mol. The number of aromatic nitrogens is 2. The molecule has 0 fully saturated rings. The van der Waals surface area contributed by atoms with Crippen molar-refractivity contribution in [3.05, 3.63) is 57.5 Å². The van der Waals surface area contributed by atoms with E-state index in [1.165, 1.54) is 16.8 Å². The van der Waals surface area contributed by atoms with Gasteiger partial charge in [-0.25, -0.2) is 13.5 Å². The highest BCUT2D eigenvalue weighted by molar-refractivity contribution is 5.34. The fraction of sp³-hybridized carbons (Fsp3) is 0.167. The van der Waals surface area contributed by atoms with E-state index in [1.54, 1.807) is 6.92 Å². The Morgan fingerprint density at radius 3 is 2.67 bits per heavy atom. The second-order valence-electron chi connectivity index (χ2n) is 3.81. The monoisotopic (exact) mass is 251 g/mol. The Hall–Kier alpha value is -2.08. The van der Waals surface area contributed by atoms with Crippen LogP contribution in [0.25, 0.3) is 5.69 Å². The molecule has 0 bridgehead atoms. The first-order valence-electron chi connectivity index (χ1n) is 5.28. The minimum absolute atomic E-state index is 0.0398. The predicted octanol–water partition coefficient (Wildman–Crippen LogP) is 1.28. The van der Waals surface area contributed by atoms with Crippen molar-refractivity contribution in [1.29, 1.82) is 0 Å². The van der Waals surface area contributed by atoms with Crippen LogP contribution < -0.4 is 11.2 Å². The zero-order chi connectivity index (χ0) is 13.3. The zero-order valence-corrected chi connectivity index (χ0v) is 9.65. The Labute approximate surface area is 102 Å². The first kappa shape index (κ1) is 12.4. The van der Waals surface area contributed by atoms with E-state index in [9.17, 15) is 13.6 Å². The molecule has 0 saturated carbocycles.